The number of nitriles is 2. The molecule has 114 valence electrons. The van der Waals surface area contributed by atoms with Gasteiger partial charge in [0, 0.05) is 15.6 Å². The monoisotopic (exact) mass is 370 g/mol. The number of benzene rings is 1. The van der Waals surface area contributed by atoms with Crippen molar-refractivity contribution in [2.24, 2.45) is 0 Å². The third-order valence-electron chi connectivity index (χ3n) is 3.04. The highest BCUT2D eigenvalue weighted by Gasteiger charge is 2.21. The molecule has 0 saturated carbocycles. The van der Waals surface area contributed by atoms with Crippen molar-refractivity contribution in [1.29, 1.82) is 10.5 Å². The predicted octanol–water partition coefficient (Wildman–Crippen LogP) is 2.69. The summed E-state index contributed by atoms with van der Waals surface area (Å²) in [6.07, 6.45) is 1.56. The summed E-state index contributed by atoms with van der Waals surface area (Å²) >= 11 is 3.33. The fourth-order valence-corrected chi connectivity index (χ4v) is 2.45. The number of halogens is 1. The van der Waals surface area contributed by atoms with Gasteiger partial charge < -0.3 is 15.5 Å². The molecule has 0 aliphatic rings. The van der Waals surface area contributed by atoms with E-state index in [0.29, 0.717) is 15.8 Å². The first kappa shape index (κ1) is 16.3. The van der Waals surface area contributed by atoms with E-state index in [9.17, 15) is 15.3 Å². The minimum absolute atomic E-state index is 0.0164. The largest absolute Gasteiger partial charge is 0.489 e. The smallest absolute Gasteiger partial charge is 0.268 e. The molecule has 0 bridgehead atoms. The molecular weight excluding hydrogens is 360 g/mol. The lowest BCUT2D eigenvalue weighted by Crippen LogP contribution is -2.16. The number of nitrogen functional groups attached to an aromatic ring is 1. The van der Waals surface area contributed by atoms with Crippen molar-refractivity contribution in [3.05, 3.63) is 56.8 Å². The van der Waals surface area contributed by atoms with Crippen molar-refractivity contribution in [1.82, 2.24) is 4.98 Å². The molecule has 0 atom stereocenters. The van der Waals surface area contributed by atoms with Crippen LogP contribution in [0.5, 0.6) is 5.75 Å². The van der Waals surface area contributed by atoms with Gasteiger partial charge in [0.1, 0.15) is 41.4 Å². The summed E-state index contributed by atoms with van der Waals surface area (Å²) in [5.74, 6) is 0.312. The van der Waals surface area contributed by atoms with Gasteiger partial charge in [0.05, 0.1) is 0 Å². The Bertz CT molecular complexity index is 919. The van der Waals surface area contributed by atoms with Crippen molar-refractivity contribution >= 4 is 21.7 Å². The molecule has 23 heavy (non-hydrogen) atoms. The summed E-state index contributed by atoms with van der Waals surface area (Å²) in [5, 5.41) is 18.7. The molecule has 7 heteroatoms. The number of nitrogens with two attached hydrogens (primary N) is 1. The number of hydrogen-bond donors (Lipinski definition) is 2. The van der Waals surface area contributed by atoms with Crippen molar-refractivity contribution in [2.45, 2.75) is 0 Å². The summed E-state index contributed by atoms with van der Waals surface area (Å²) in [6.45, 7) is 3.81. The number of H-pyrrole nitrogens is 1. The number of hydrogen-bond acceptors (Lipinski definition) is 5. The summed E-state index contributed by atoms with van der Waals surface area (Å²) in [7, 11) is 0. The van der Waals surface area contributed by atoms with E-state index < -0.39 is 5.56 Å². The number of ether oxygens (including phenoxy) is 1. The highest BCUT2D eigenvalue weighted by molar-refractivity contribution is 9.10. The lowest BCUT2D eigenvalue weighted by molar-refractivity contribution is 0.364. The van der Waals surface area contributed by atoms with Gasteiger partial charge in [-0.2, -0.15) is 10.5 Å². The van der Waals surface area contributed by atoms with Crippen molar-refractivity contribution in [3.63, 3.8) is 0 Å². The second-order valence-electron chi connectivity index (χ2n) is 4.46. The quantitative estimate of drug-likeness (QED) is 0.802. The zero-order valence-corrected chi connectivity index (χ0v) is 13.5. The van der Waals surface area contributed by atoms with Gasteiger partial charge in [-0.15, -0.1) is 0 Å². The van der Waals surface area contributed by atoms with E-state index in [1.54, 1.807) is 24.3 Å². The van der Waals surface area contributed by atoms with E-state index in [-0.39, 0.29) is 29.1 Å². The van der Waals surface area contributed by atoms with Gasteiger partial charge in [-0.1, -0.05) is 28.6 Å². The average Bonchev–Trinajstić information content (AvgIpc) is 2.53. The van der Waals surface area contributed by atoms with Crippen LogP contribution in [-0.2, 0) is 0 Å². The fourth-order valence-electron chi connectivity index (χ4n) is 2.08. The van der Waals surface area contributed by atoms with Crippen LogP contribution in [0.2, 0.25) is 0 Å². The van der Waals surface area contributed by atoms with Crippen LogP contribution < -0.4 is 16.0 Å². The zero-order valence-electron chi connectivity index (χ0n) is 11.9. The topological polar surface area (TPSA) is 116 Å². The number of nitrogens with zero attached hydrogens (tertiary/aromatic N) is 2. The van der Waals surface area contributed by atoms with E-state index in [2.05, 4.69) is 27.5 Å². The van der Waals surface area contributed by atoms with Crippen molar-refractivity contribution in [2.75, 3.05) is 12.3 Å². The maximum Gasteiger partial charge on any atom is 0.268 e. The lowest BCUT2D eigenvalue weighted by Gasteiger charge is -2.14. The van der Waals surface area contributed by atoms with Crippen LogP contribution in [0.4, 0.5) is 5.82 Å². The number of aromatic amines is 1. The molecule has 0 aliphatic heterocycles. The minimum atomic E-state index is -0.659. The Morgan fingerprint density at radius 3 is 2.65 bits per heavy atom. The van der Waals surface area contributed by atoms with Crippen molar-refractivity contribution < 1.29 is 4.74 Å². The SMILES string of the molecule is C=CCOc1ccc(Br)cc1-c1c(C#N)c(N)[nH]c(=O)c1C#N. The Morgan fingerprint density at radius 1 is 1.35 bits per heavy atom. The molecular formula is C16H11BrN4O2. The molecule has 3 N–H and O–H groups in total. The van der Waals surface area contributed by atoms with Crippen LogP contribution in [0.15, 0.2) is 40.1 Å². The van der Waals surface area contributed by atoms with Gasteiger partial charge in [-0.3, -0.25) is 4.79 Å². The second kappa shape index (κ2) is 6.82. The van der Waals surface area contributed by atoms with E-state index >= 15 is 0 Å². The molecule has 1 aromatic heterocycles. The Kier molecular flexibility index (Phi) is 4.85. The number of nitrogens with one attached hydrogen (secondary N) is 1. The number of pyridine rings is 1. The predicted molar refractivity (Wildman–Crippen MR) is 89.7 cm³/mol. The molecule has 1 aromatic carbocycles. The highest BCUT2D eigenvalue weighted by Crippen LogP contribution is 2.37. The van der Waals surface area contributed by atoms with Gasteiger partial charge in [-0.05, 0) is 18.2 Å². The van der Waals surface area contributed by atoms with Gasteiger partial charge in [0.2, 0.25) is 0 Å². The number of aromatic nitrogens is 1. The number of rotatable bonds is 4. The maximum atomic E-state index is 12.0. The van der Waals surface area contributed by atoms with Gasteiger partial charge in [0.15, 0.2) is 0 Å². The van der Waals surface area contributed by atoms with E-state index in [1.165, 1.54) is 0 Å². The molecule has 0 unspecified atom stereocenters. The fraction of sp³-hybridized carbons (Fsp3) is 0.0625. The van der Waals surface area contributed by atoms with E-state index in [1.807, 2.05) is 12.1 Å². The summed E-state index contributed by atoms with van der Waals surface area (Å²) in [5.41, 5.74) is 5.46. The lowest BCUT2D eigenvalue weighted by atomic mass is 9.96. The van der Waals surface area contributed by atoms with Gasteiger partial charge >= 0.3 is 0 Å². The summed E-state index contributed by atoms with van der Waals surface area (Å²) < 4.78 is 6.26. The van der Waals surface area contributed by atoms with Crippen LogP contribution >= 0.6 is 15.9 Å². The molecule has 0 saturated heterocycles. The van der Waals surface area contributed by atoms with Crippen LogP contribution in [0.3, 0.4) is 0 Å². The standard InChI is InChI=1S/C16H11BrN4O2/c1-2-5-23-13-4-3-9(17)6-10(13)14-11(7-18)15(20)21-16(22)12(14)8-19/h2-4,6H,1,5H2,(H3,20,21,22). The molecule has 6 nitrogen and oxygen atoms in total. The molecule has 0 fully saturated rings. The Hall–Kier alpha value is -3.03. The first-order valence-corrected chi connectivity index (χ1v) is 7.22. The Labute approximate surface area is 140 Å². The third-order valence-corrected chi connectivity index (χ3v) is 3.53. The van der Waals surface area contributed by atoms with Gasteiger partial charge in [0.25, 0.3) is 5.56 Å². The number of anilines is 1. The van der Waals surface area contributed by atoms with E-state index in [4.69, 9.17) is 10.5 Å². The molecule has 0 amide bonds. The molecule has 0 aliphatic carbocycles. The first-order valence-electron chi connectivity index (χ1n) is 6.43. The molecule has 2 aromatic rings. The minimum Gasteiger partial charge on any atom is -0.489 e. The van der Waals surface area contributed by atoms with Crippen LogP contribution in [0.1, 0.15) is 11.1 Å². The van der Waals surface area contributed by atoms with Crippen LogP contribution in [0.25, 0.3) is 11.1 Å². The second-order valence-corrected chi connectivity index (χ2v) is 5.37. The average molecular weight is 371 g/mol. The maximum absolute atomic E-state index is 12.0. The zero-order chi connectivity index (χ0) is 17.0. The normalized spacial score (nSPS) is 9.70. The Balaban J connectivity index is 2.89. The van der Waals surface area contributed by atoms with E-state index in [0.717, 1.165) is 0 Å². The van der Waals surface area contributed by atoms with Crippen LogP contribution in [-0.4, -0.2) is 11.6 Å². The molecule has 0 spiro atoms. The van der Waals surface area contributed by atoms with Crippen molar-refractivity contribution in [3.8, 4) is 29.0 Å². The highest BCUT2D eigenvalue weighted by atomic mass is 79.9. The molecule has 1 heterocycles. The summed E-state index contributed by atoms with van der Waals surface area (Å²) in [4.78, 5) is 14.3. The third kappa shape index (κ3) is 3.10. The molecule has 0 radical (unpaired) electrons. The molecule has 2 rings (SSSR count). The Morgan fingerprint density at radius 2 is 2.04 bits per heavy atom. The van der Waals surface area contributed by atoms with Crippen LogP contribution in [0, 0.1) is 22.7 Å². The summed E-state index contributed by atoms with van der Waals surface area (Å²) in [6, 6.07) is 8.83. The first-order chi connectivity index (χ1) is 11.0. The van der Waals surface area contributed by atoms with Gasteiger partial charge in [-0.25, -0.2) is 0 Å².